The summed E-state index contributed by atoms with van der Waals surface area (Å²) in [4.78, 5) is 2.59. The van der Waals surface area contributed by atoms with E-state index in [0.29, 0.717) is 6.04 Å². The minimum Gasteiger partial charge on any atom is -0.316 e. The first-order valence-corrected chi connectivity index (χ1v) is 6.69. The van der Waals surface area contributed by atoms with Crippen LogP contribution in [0.2, 0.25) is 0 Å². The summed E-state index contributed by atoms with van der Waals surface area (Å²) in [5.74, 6) is 1.76. The van der Waals surface area contributed by atoms with E-state index in [4.69, 9.17) is 0 Å². The summed E-state index contributed by atoms with van der Waals surface area (Å²) in [6, 6.07) is 2.62. The van der Waals surface area contributed by atoms with E-state index in [1.165, 1.54) is 31.9 Å². The highest BCUT2D eigenvalue weighted by Gasteiger charge is 2.36. The van der Waals surface area contributed by atoms with E-state index in [1.807, 2.05) is 6.20 Å². The summed E-state index contributed by atoms with van der Waals surface area (Å²) < 4.78 is 2.15. The second-order valence-corrected chi connectivity index (χ2v) is 5.73. The van der Waals surface area contributed by atoms with E-state index in [-0.39, 0.29) is 12.4 Å². The van der Waals surface area contributed by atoms with Gasteiger partial charge >= 0.3 is 0 Å². The molecule has 0 amide bonds. The van der Waals surface area contributed by atoms with Crippen LogP contribution in [-0.2, 0) is 6.54 Å². The Balaban J connectivity index is 0.00000120. The molecule has 3 heterocycles. The van der Waals surface area contributed by atoms with Crippen molar-refractivity contribution in [3.05, 3.63) is 18.0 Å². The SMILES string of the molecule is CC(C)n1nccc1CN1C[C@H]2CNC[C@H]2C1.Cl. The van der Waals surface area contributed by atoms with Gasteiger partial charge in [-0.25, -0.2) is 0 Å². The van der Waals surface area contributed by atoms with Crippen molar-refractivity contribution in [3.8, 4) is 0 Å². The Bertz CT molecular complexity index is 378. The third-order valence-corrected chi connectivity index (χ3v) is 4.09. The molecule has 0 saturated carbocycles. The zero-order valence-electron chi connectivity index (χ0n) is 11.2. The molecule has 0 radical (unpaired) electrons. The molecule has 2 saturated heterocycles. The first-order chi connectivity index (χ1) is 8.24. The molecule has 102 valence electrons. The molecule has 2 atom stereocenters. The van der Waals surface area contributed by atoms with Gasteiger partial charge in [0.25, 0.3) is 0 Å². The fraction of sp³-hybridized carbons (Fsp3) is 0.769. The first-order valence-electron chi connectivity index (χ1n) is 6.69. The third kappa shape index (κ3) is 2.56. The van der Waals surface area contributed by atoms with Crippen LogP contribution in [0.1, 0.15) is 25.6 Å². The average Bonchev–Trinajstić information content (AvgIpc) is 2.91. The normalized spacial score (nSPS) is 27.5. The Morgan fingerprint density at radius 2 is 2.00 bits per heavy atom. The maximum atomic E-state index is 4.41. The molecule has 2 aliphatic rings. The van der Waals surface area contributed by atoms with Crippen molar-refractivity contribution in [1.82, 2.24) is 20.0 Å². The molecule has 1 N–H and O–H groups in total. The predicted molar refractivity (Wildman–Crippen MR) is 75.0 cm³/mol. The molecule has 0 spiro atoms. The number of nitrogens with zero attached hydrogens (tertiary/aromatic N) is 3. The van der Waals surface area contributed by atoms with Gasteiger partial charge in [0, 0.05) is 31.9 Å². The molecule has 1 aromatic rings. The van der Waals surface area contributed by atoms with Crippen molar-refractivity contribution in [2.24, 2.45) is 11.8 Å². The highest BCUT2D eigenvalue weighted by atomic mass is 35.5. The number of halogens is 1. The summed E-state index contributed by atoms with van der Waals surface area (Å²) in [5.41, 5.74) is 1.35. The van der Waals surface area contributed by atoms with Gasteiger partial charge < -0.3 is 5.32 Å². The quantitative estimate of drug-likeness (QED) is 0.905. The van der Waals surface area contributed by atoms with E-state index in [1.54, 1.807) is 0 Å². The number of aromatic nitrogens is 2. The Morgan fingerprint density at radius 3 is 2.61 bits per heavy atom. The van der Waals surface area contributed by atoms with Crippen molar-refractivity contribution >= 4 is 12.4 Å². The monoisotopic (exact) mass is 270 g/mol. The van der Waals surface area contributed by atoms with Gasteiger partial charge in [-0.05, 0) is 44.8 Å². The Kier molecular flexibility index (Phi) is 4.30. The molecule has 4 nitrogen and oxygen atoms in total. The van der Waals surface area contributed by atoms with Crippen LogP contribution in [0.15, 0.2) is 12.3 Å². The molecule has 5 heteroatoms. The molecular formula is C13H23ClN4. The van der Waals surface area contributed by atoms with Gasteiger partial charge in [0.15, 0.2) is 0 Å². The Morgan fingerprint density at radius 1 is 1.33 bits per heavy atom. The van der Waals surface area contributed by atoms with Gasteiger partial charge in [0.05, 0.1) is 5.69 Å². The molecule has 0 unspecified atom stereocenters. The lowest BCUT2D eigenvalue weighted by atomic mass is 10.0. The lowest BCUT2D eigenvalue weighted by Crippen LogP contribution is -2.26. The molecule has 2 fully saturated rings. The summed E-state index contributed by atoms with van der Waals surface area (Å²) in [5, 5.41) is 7.90. The molecule has 0 bridgehead atoms. The van der Waals surface area contributed by atoms with Gasteiger partial charge in [0.1, 0.15) is 0 Å². The molecule has 1 aromatic heterocycles. The van der Waals surface area contributed by atoms with Gasteiger partial charge in [-0.2, -0.15) is 5.10 Å². The fourth-order valence-corrected chi connectivity index (χ4v) is 3.24. The van der Waals surface area contributed by atoms with Crippen LogP contribution in [0.3, 0.4) is 0 Å². The van der Waals surface area contributed by atoms with Crippen LogP contribution in [0.4, 0.5) is 0 Å². The molecular weight excluding hydrogens is 248 g/mol. The minimum absolute atomic E-state index is 0. The van der Waals surface area contributed by atoms with Gasteiger partial charge in [-0.3, -0.25) is 9.58 Å². The summed E-state index contributed by atoms with van der Waals surface area (Å²) in [6.07, 6.45) is 1.92. The average molecular weight is 271 g/mol. The second kappa shape index (κ2) is 5.59. The van der Waals surface area contributed by atoms with Crippen molar-refractivity contribution < 1.29 is 0 Å². The van der Waals surface area contributed by atoms with Crippen LogP contribution >= 0.6 is 12.4 Å². The maximum Gasteiger partial charge on any atom is 0.0527 e. The zero-order chi connectivity index (χ0) is 11.8. The van der Waals surface area contributed by atoms with Crippen molar-refractivity contribution in [2.45, 2.75) is 26.4 Å². The first kappa shape index (κ1) is 13.8. The number of nitrogens with one attached hydrogen (secondary N) is 1. The Labute approximate surface area is 115 Å². The van der Waals surface area contributed by atoms with E-state index in [2.05, 4.69) is 39.9 Å². The van der Waals surface area contributed by atoms with Crippen molar-refractivity contribution in [3.63, 3.8) is 0 Å². The highest BCUT2D eigenvalue weighted by Crippen LogP contribution is 2.27. The summed E-state index contributed by atoms with van der Waals surface area (Å²) >= 11 is 0. The molecule has 2 aliphatic heterocycles. The largest absolute Gasteiger partial charge is 0.316 e. The van der Waals surface area contributed by atoms with E-state index in [9.17, 15) is 0 Å². The molecule has 18 heavy (non-hydrogen) atoms. The van der Waals surface area contributed by atoms with Gasteiger partial charge in [0.2, 0.25) is 0 Å². The van der Waals surface area contributed by atoms with Crippen molar-refractivity contribution in [1.29, 1.82) is 0 Å². The van der Waals surface area contributed by atoms with Crippen LogP contribution in [-0.4, -0.2) is 40.9 Å². The van der Waals surface area contributed by atoms with Crippen LogP contribution < -0.4 is 5.32 Å². The molecule has 0 aliphatic carbocycles. The van der Waals surface area contributed by atoms with Crippen LogP contribution in [0.25, 0.3) is 0 Å². The summed E-state index contributed by atoms with van der Waals surface area (Å²) in [7, 11) is 0. The number of hydrogen-bond acceptors (Lipinski definition) is 3. The second-order valence-electron chi connectivity index (χ2n) is 5.73. The number of hydrogen-bond donors (Lipinski definition) is 1. The molecule has 3 rings (SSSR count). The van der Waals surface area contributed by atoms with Gasteiger partial charge in [-0.1, -0.05) is 0 Å². The number of fused-ring (bicyclic) bond motifs is 1. The van der Waals surface area contributed by atoms with E-state index >= 15 is 0 Å². The molecule has 0 aromatic carbocycles. The van der Waals surface area contributed by atoms with E-state index in [0.717, 1.165) is 18.4 Å². The van der Waals surface area contributed by atoms with Crippen LogP contribution in [0.5, 0.6) is 0 Å². The lowest BCUT2D eigenvalue weighted by molar-refractivity contribution is 0.291. The zero-order valence-corrected chi connectivity index (χ0v) is 12.0. The lowest BCUT2D eigenvalue weighted by Gasteiger charge is -2.19. The summed E-state index contributed by atoms with van der Waals surface area (Å²) in [6.45, 7) is 10.4. The standard InChI is InChI=1S/C13H22N4.ClH/c1-10(2)17-13(3-4-15-17)9-16-7-11-5-14-6-12(11)8-16;/h3-4,10-12,14H,5-9H2,1-2H3;1H/t11-,12+;. The predicted octanol–water partition coefficient (Wildman–Crippen LogP) is 1.54. The smallest absolute Gasteiger partial charge is 0.0527 e. The highest BCUT2D eigenvalue weighted by molar-refractivity contribution is 5.85. The van der Waals surface area contributed by atoms with Gasteiger partial charge in [-0.15, -0.1) is 12.4 Å². The maximum absolute atomic E-state index is 4.41. The van der Waals surface area contributed by atoms with Crippen LogP contribution in [0, 0.1) is 11.8 Å². The van der Waals surface area contributed by atoms with Crippen molar-refractivity contribution in [2.75, 3.05) is 26.2 Å². The van der Waals surface area contributed by atoms with E-state index < -0.39 is 0 Å². The number of rotatable bonds is 3. The Hall–Kier alpha value is -0.580. The third-order valence-electron chi connectivity index (χ3n) is 4.09. The number of likely N-dealkylation sites (tertiary alicyclic amines) is 1. The topological polar surface area (TPSA) is 33.1 Å². The minimum atomic E-state index is 0. The fourth-order valence-electron chi connectivity index (χ4n) is 3.24.